The first-order valence-electron chi connectivity index (χ1n) is 8.77. The molecule has 2 N–H and O–H groups in total. The highest BCUT2D eigenvalue weighted by Crippen LogP contribution is 2.24. The van der Waals surface area contributed by atoms with Crippen LogP contribution in [0.5, 0.6) is 5.75 Å². The fraction of sp³-hybridized carbons (Fsp3) is 0.333. The van der Waals surface area contributed by atoms with E-state index in [9.17, 15) is 5.11 Å². The van der Waals surface area contributed by atoms with Crippen LogP contribution >= 0.6 is 0 Å². The Balaban J connectivity index is 1.62. The Bertz CT molecular complexity index is 820. The third-order valence-electron chi connectivity index (χ3n) is 3.97. The predicted octanol–water partition coefficient (Wildman–Crippen LogP) is 4.31. The molecule has 0 radical (unpaired) electrons. The van der Waals surface area contributed by atoms with Crippen molar-refractivity contribution in [1.29, 1.82) is 0 Å². The van der Waals surface area contributed by atoms with Gasteiger partial charge in [0.2, 0.25) is 0 Å². The van der Waals surface area contributed by atoms with Crippen LogP contribution in [0.25, 0.3) is 22.6 Å². The van der Waals surface area contributed by atoms with Crippen LogP contribution in [0.2, 0.25) is 0 Å². The molecule has 5 heteroatoms. The summed E-state index contributed by atoms with van der Waals surface area (Å²) in [4.78, 5) is 11.9. The number of hydrogen-bond donors (Lipinski definition) is 2. The third kappa shape index (κ3) is 4.92. The van der Waals surface area contributed by atoms with Gasteiger partial charge in [-0.2, -0.15) is 0 Å². The molecule has 0 saturated carbocycles. The van der Waals surface area contributed by atoms with Crippen LogP contribution in [-0.2, 0) is 0 Å². The second kappa shape index (κ2) is 7.70. The van der Waals surface area contributed by atoms with Gasteiger partial charge < -0.3 is 14.8 Å². The van der Waals surface area contributed by atoms with Crippen molar-refractivity contribution in [3.8, 4) is 28.4 Å². The molecule has 26 heavy (non-hydrogen) atoms. The number of aliphatic hydroxyl groups is 1. The number of nitrogens with one attached hydrogen (secondary N) is 1. The second-order valence-electron chi connectivity index (χ2n) is 7.64. The van der Waals surface area contributed by atoms with Crippen molar-refractivity contribution in [3.05, 3.63) is 55.0 Å². The molecule has 0 aliphatic rings. The van der Waals surface area contributed by atoms with Gasteiger partial charge in [-0.25, -0.2) is 4.98 Å². The summed E-state index contributed by atoms with van der Waals surface area (Å²) >= 11 is 0. The number of hydrogen-bond acceptors (Lipinski definition) is 4. The summed E-state index contributed by atoms with van der Waals surface area (Å²) in [7, 11) is 0. The van der Waals surface area contributed by atoms with E-state index < -0.39 is 6.10 Å². The lowest BCUT2D eigenvalue weighted by molar-refractivity contribution is 0.0710. The molecule has 2 heterocycles. The van der Waals surface area contributed by atoms with E-state index in [2.05, 4.69) is 35.7 Å². The van der Waals surface area contributed by atoms with Gasteiger partial charge >= 0.3 is 0 Å². The standard InChI is InChI=1S/C21H25N3O2/c1-21(2,3)11-17(25)14-26-18-8-6-15(7-9-18)20-23-13-19(24-20)16-5-4-10-22-12-16/h4-10,12-13,17,25H,11,14H2,1-3H3,(H,23,24). The number of benzene rings is 1. The Labute approximate surface area is 154 Å². The molecule has 136 valence electrons. The average molecular weight is 351 g/mol. The van der Waals surface area contributed by atoms with Crippen LogP contribution in [0.4, 0.5) is 0 Å². The van der Waals surface area contributed by atoms with E-state index in [0.29, 0.717) is 13.0 Å². The smallest absolute Gasteiger partial charge is 0.137 e. The minimum Gasteiger partial charge on any atom is -0.491 e. The SMILES string of the molecule is CC(C)(C)CC(O)COc1ccc(-c2ncc(-c3cccnc3)[nH]2)cc1. The molecule has 2 aromatic heterocycles. The van der Waals surface area contributed by atoms with E-state index in [1.165, 1.54) is 0 Å². The average Bonchev–Trinajstić information content (AvgIpc) is 3.10. The summed E-state index contributed by atoms with van der Waals surface area (Å²) < 4.78 is 5.69. The van der Waals surface area contributed by atoms with Gasteiger partial charge in [0.1, 0.15) is 18.2 Å². The van der Waals surface area contributed by atoms with Gasteiger partial charge in [0, 0.05) is 23.5 Å². The van der Waals surface area contributed by atoms with Gasteiger partial charge in [-0.15, -0.1) is 0 Å². The lowest BCUT2D eigenvalue weighted by atomic mass is 9.89. The van der Waals surface area contributed by atoms with Crippen LogP contribution < -0.4 is 4.74 Å². The van der Waals surface area contributed by atoms with Crippen molar-refractivity contribution in [1.82, 2.24) is 15.0 Å². The van der Waals surface area contributed by atoms with Crippen molar-refractivity contribution >= 4 is 0 Å². The highest BCUT2D eigenvalue weighted by atomic mass is 16.5. The van der Waals surface area contributed by atoms with Gasteiger partial charge in [-0.3, -0.25) is 4.98 Å². The molecule has 1 unspecified atom stereocenters. The molecule has 0 aliphatic heterocycles. The lowest BCUT2D eigenvalue weighted by Crippen LogP contribution is -2.23. The van der Waals surface area contributed by atoms with Gasteiger partial charge in [-0.05, 0) is 48.2 Å². The number of aromatic amines is 1. The summed E-state index contributed by atoms with van der Waals surface area (Å²) in [6, 6.07) is 11.6. The number of H-pyrrole nitrogens is 1. The Hall–Kier alpha value is -2.66. The zero-order chi connectivity index (χ0) is 18.6. The summed E-state index contributed by atoms with van der Waals surface area (Å²) in [5.74, 6) is 1.53. The van der Waals surface area contributed by atoms with Gasteiger partial charge in [-0.1, -0.05) is 20.8 Å². The summed E-state index contributed by atoms with van der Waals surface area (Å²) in [5.41, 5.74) is 2.98. The molecule has 1 aromatic carbocycles. The molecule has 0 bridgehead atoms. The van der Waals surface area contributed by atoms with Crippen molar-refractivity contribution in [2.45, 2.75) is 33.3 Å². The number of nitrogens with zero attached hydrogens (tertiary/aromatic N) is 2. The first kappa shape index (κ1) is 18.1. The molecule has 1 atom stereocenters. The number of rotatable bonds is 6. The van der Waals surface area contributed by atoms with E-state index in [1.807, 2.05) is 36.4 Å². The molecule has 3 aromatic rings. The Morgan fingerprint density at radius 3 is 2.50 bits per heavy atom. The van der Waals surface area contributed by atoms with Gasteiger partial charge in [0.25, 0.3) is 0 Å². The zero-order valence-corrected chi connectivity index (χ0v) is 15.4. The number of imidazole rings is 1. The normalized spacial score (nSPS) is 12.8. The van der Waals surface area contributed by atoms with Crippen molar-refractivity contribution in [2.24, 2.45) is 5.41 Å². The number of ether oxygens (including phenoxy) is 1. The maximum atomic E-state index is 10.0. The number of pyridine rings is 1. The number of aromatic nitrogens is 3. The molecule has 0 spiro atoms. The van der Waals surface area contributed by atoms with E-state index in [1.54, 1.807) is 18.6 Å². The third-order valence-corrected chi connectivity index (χ3v) is 3.97. The van der Waals surface area contributed by atoms with E-state index in [0.717, 1.165) is 28.4 Å². The number of aliphatic hydroxyl groups excluding tert-OH is 1. The molecule has 0 fully saturated rings. The second-order valence-corrected chi connectivity index (χ2v) is 7.64. The van der Waals surface area contributed by atoms with Crippen molar-refractivity contribution in [3.63, 3.8) is 0 Å². The minimum atomic E-state index is -0.471. The van der Waals surface area contributed by atoms with Gasteiger partial charge in [0.15, 0.2) is 0 Å². The lowest BCUT2D eigenvalue weighted by Gasteiger charge is -2.22. The molecule has 5 nitrogen and oxygen atoms in total. The van der Waals surface area contributed by atoms with Crippen LogP contribution in [0.3, 0.4) is 0 Å². The van der Waals surface area contributed by atoms with E-state index in [4.69, 9.17) is 4.74 Å². The molecule has 0 saturated heterocycles. The Morgan fingerprint density at radius 1 is 1.08 bits per heavy atom. The quantitative estimate of drug-likeness (QED) is 0.694. The molecule has 0 amide bonds. The summed E-state index contributed by atoms with van der Waals surface area (Å²) in [6.45, 7) is 6.61. The first-order chi connectivity index (χ1) is 12.4. The fourth-order valence-electron chi connectivity index (χ4n) is 2.80. The largest absolute Gasteiger partial charge is 0.491 e. The van der Waals surface area contributed by atoms with Gasteiger partial charge in [0.05, 0.1) is 18.0 Å². The summed E-state index contributed by atoms with van der Waals surface area (Å²) in [6.07, 6.45) is 5.59. The maximum Gasteiger partial charge on any atom is 0.137 e. The van der Waals surface area contributed by atoms with Crippen LogP contribution in [0.1, 0.15) is 27.2 Å². The van der Waals surface area contributed by atoms with Crippen molar-refractivity contribution in [2.75, 3.05) is 6.61 Å². The predicted molar refractivity (Wildman–Crippen MR) is 103 cm³/mol. The van der Waals surface area contributed by atoms with E-state index in [-0.39, 0.29) is 5.41 Å². The highest BCUT2D eigenvalue weighted by Gasteiger charge is 2.17. The fourth-order valence-corrected chi connectivity index (χ4v) is 2.80. The minimum absolute atomic E-state index is 0.0813. The highest BCUT2D eigenvalue weighted by molar-refractivity contribution is 5.64. The van der Waals surface area contributed by atoms with Crippen molar-refractivity contribution < 1.29 is 9.84 Å². The van der Waals surface area contributed by atoms with Crippen LogP contribution in [0, 0.1) is 5.41 Å². The molecular weight excluding hydrogens is 326 g/mol. The van der Waals surface area contributed by atoms with E-state index >= 15 is 0 Å². The van der Waals surface area contributed by atoms with Crippen LogP contribution in [-0.4, -0.2) is 32.8 Å². The van der Waals surface area contributed by atoms with Crippen LogP contribution in [0.15, 0.2) is 55.0 Å². The topological polar surface area (TPSA) is 71.0 Å². The summed E-state index contributed by atoms with van der Waals surface area (Å²) in [5, 5.41) is 10.0. The molecule has 0 aliphatic carbocycles. The Kier molecular flexibility index (Phi) is 5.38. The maximum absolute atomic E-state index is 10.0. The first-order valence-corrected chi connectivity index (χ1v) is 8.77. The monoisotopic (exact) mass is 351 g/mol. The molecule has 3 rings (SSSR count). The Morgan fingerprint density at radius 2 is 1.85 bits per heavy atom. The zero-order valence-electron chi connectivity index (χ0n) is 15.4. The molecular formula is C21H25N3O2.